The van der Waals surface area contributed by atoms with Gasteiger partial charge in [-0.3, -0.25) is 9.59 Å². The van der Waals surface area contributed by atoms with E-state index in [4.69, 9.17) is 10.8 Å². The Balaban J connectivity index is 2.46. The first kappa shape index (κ1) is 15.7. The minimum atomic E-state index is -1.08. The van der Waals surface area contributed by atoms with Crippen LogP contribution in [0.15, 0.2) is 28.7 Å². The summed E-state index contributed by atoms with van der Waals surface area (Å²) in [5, 5.41) is 11.3. The van der Waals surface area contributed by atoms with Crippen LogP contribution in [0, 0.1) is 0 Å². The second kappa shape index (κ2) is 7.25. The second-order valence-electron chi connectivity index (χ2n) is 4.44. The summed E-state index contributed by atoms with van der Waals surface area (Å²) in [6.07, 6.45) is 0.301. The molecule has 104 valence electrons. The van der Waals surface area contributed by atoms with E-state index < -0.39 is 17.9 Å². The minimum absolute atomic E-state index is 0.103. The molecule has 1 amide bonds. The maximum Gasteiger partial charge on any atom is 0.305 e. The van der Waals surface area contributed by atoms with E-state index in [1.54, 1.807) is 0 Å². The molecule has 1 rings (SSSR count). The van der Waals surface area contributed by atoms with Crippen LogP contribution in [0.2, 0.25) is 0 Å². The number of carboxylic acid groups (broad SMARTS) is 1. The number of nitrogens with one attached hydrogen (secondary N) is 1. The molecule has 1 aromatic carbocycles. The summed E-state index contributed by atoms with van der Waals surface area (Å²) in [5.74, 6) is -1.52. The average Bonchev–Trinajstić information content (AvgIpc) is 2.31. The molecule has 2 atom stereocenters. The number of hydrogen-bond acceptors (Lipinski definition) is 3. The van der Waals surface area contributed by atoms with Gasteiger partial charge in [-0.25, -0.2) is 0 Å². The van der Waals surface area contributed by atoms with Gasteiger partial charge in [0.25, 0.3) is 0 Å². The van der Waals surface area contributed by atoms with E-state index in [-0.39, 0.29) is 12.5 Å². The van der Waals surface area contributed by atoms with Crippen LogP contribution < -0.4 is 11.1 Å². The van der Waals surface area contributed by atoms with Crippen LogP contribution in [0.25, 0.3) is 0 Å². The molecule has 0 aromatic heterocycles. The number of benzene rings is 1. The molecular weight excluding hydrogens is 312 g/mol. The highest BCUT2D eigenvalue weighted by Crippen LogP contribution is 2.11. The summed E-state index contributed by atoms with van der Waals surface area (Å²) in [6.45, 7) is 1.85. The molecule has 0 fully saturated rings. The maximum absolute atomic E-state index is 11.6. The van der Waals surface area contributed by atoms with Crippen LogP contribution in [0.3, 0.4) is 0 Å². The van der Waals surface area contributed by atoms with Gasteiger partial charge in [0.2, 0.25) is 5.91 Å². The Morgan fingerprint density at radius 3 is 2.47 bits per heavy atom. The molecule has 4 N–H and O–H groups in total. The average molecular weight is 329 g/mol. The zero-order valence-electron chi connectivity index (χ0n) is 10.6. The summed E-state index contributed by atoms with van der Waals surface area (Å²) in [4.78, 5) is 22.1. The van der Waals surface area contributed by atoms with Crippen LogP contribution in [-0.2, 0) is 16.0 Å². The summed E-state index contributed by atoms with van der Waals surface area (Å²) in [7, 11) is 0. The van der Waals surface area contributed by atoms with Crippen LogP contribution >= 0.6 is 15.9 Å². The van der Waals surface area contributed by atoms with Gasteiger partial charge in [-0.2, -0.15) is 0 Å². The Hall–Kier alpha value is -1.40. The van der Waals surface area contributed by atoms with Gasteiger partial charge >= 0.3 is 5.97 Å². The lowest BCUT2D eigenvalue weighted by molar-refractivity contribution is -0.139. The fraction of sp³-hybridized carbons (Fsp3) is 0.385. The predicted octanol–water partition coefficient (Wildman–Crippen LogP) is 1.30. The second-order valence-corrected chi connectivity index (χ2v) is 5.36. The SMILES string of the molecule is CC(Cc1ccc(Br)cc1)NC(=O)C(N)CC(=O)O. The Morgan fingerprint density at radius 1 is 1.37 bits per heavy atom. The van der Waals surface area contributed by atoms with Crippen LogP contribution in [-0.4, -0.2) is 29.1 Å². The van der Waals surface area contributed by atoms with Crippen molar-refractivity contribution >= 4 is 27.8 Å². The number of aliphatic carboxylic acids is 1. The van der Waals surface area contributed by atoms with E-state index in [1.165, 1.54) is 0 Å². The molecule has 0 radical (unpaired) electrons. The molecule has 0 bridgehead atoms. The van der Waals surface area contributed by atoms with Crippen molar-refractivity contribution in [2.75, 3.05) is 0 Å². The van der Waals surface area contributed by atoms with Gasteiger partial charge in [-0.15, -0.1) is 0 Å². The number of carboxylic acids is 1. The van der Waals surface area contributed by atoms with Gasteiger partial charge in [0.05, 0.1) is 12.5 Å². The van der Waals surface area contributed by atoms with E-state index in [2.05, 4.69) is 21.2 Å². The molecule has 0 saturated carbocycles. The van der Waals surface area contributed by atoms with Gasteiger partial charge < -0.3 is 16.2 Å². The van der Waals surface area contributed by atoms with Crippen molar-refractivity contribution < 1.29 is 14.7 Å². The molecule has 0 saturated heterocycles. The van der Waals surface area contributed by atoms with Crippen molar-refractivity contribution in [1.29, 1.82) is 0 Å². The zero-order valence-corrected chi connectivity index (χ0v) is 12.2. The fourth-order valence-corrected chi connectivity index (χ4v) is 1.92. The third-order valence-corrected chi connectivity index (χ3v) is 3.10. The molecule has 6 heteroatoms. The highest BCUT2D eigenvalue weighted by atomic mass is 79.9. The van der Waals surface area contributed by atoms with E-state index in [0.717, 1.165) is 10.0 Å². The minimum Gasteiger partial charge on any atom is -0.481 e. The normalized spacial score (nSPS) is 13.6. The highest BCUT2D eigenvalue weighted by molar-refractivity contribution is 9.10. The highest BCUT2D eigenvalue weighted by Gasteiger charge is 2.18. The first-order chi connectivity index (χ1) is 8.88. The van der Waals surface area contributed by atoms with Gasteiger partial charge in [-0.1, -0.05) is 28.1 Å². The summed E-state index contributed by atoms with van der Waals surface area (Å²) in [5.41, 5.74) is 6.57. The van der Waals surface area contributed by atoms with E-state index in [0.29, 0.717) is 6.42 Å². The number of halogens is 1. The molecule has 0 aliphatic carbocycles. The lowest BCUT2D eigenvalue weighted by Gasteiger charge is -2.16. The number of hydrogen-bond donors (Lipinski definition) is 3. The summed E-state index contributed by atoms with van der Waals surface area (Å²) >= 11 is 3.35. The summed E-state index contributed by atoms with van der Waals surface area (Å²) in [6, 6.07) is 6.67. The number of carbonyl (C=O) groups is 2. The Morgan fingerprint density at radius 2 is 1.95 bits per heavy atom. The molecule has 0 heterocycles. The molecule has 0 aliphatic heterocycles. The van der Waals surface area contributed by atoms with E-state index in [9.17, 15) is 9.59 Å². The van der Waals surface area contributed by atoms with Crippen molar-refractivity contribution in [2.45, 2.75) is 31.8 Å². The number of rotatable bonds is 6. The first-order valence-electron chi connectivity index (χ1n) is 5.90. The van der Waals surface area contributed by atoms with Gasteiger partial charge in [0, 0.05) is 10.5 Å². The number of carbonyl (C=O) groups excluding carboxylic acids is 1. The molecule has 5 nitrogen and oxygen atoms in total. The van der Waals surface area contributed by atoms with Gasteiger partial charge in [0.15, 0.2) is 0 Å². The third-order valence-electron chi connectivity index (χ3n) is 2.58. The quantitative estimate of drug-likeness (QED) is 0.733. The number of nitrogens with two attached hydrogens (primary N) is 1. The predicted molar refractivity (Wildman–Crippen MR) is 75.7 cm³/mol. The van der Waals surface area contributed by atoms with Crippen LogP contribution in [0.5, 0.6) is 0 Å². The molecule has 2 unspecified atom stereocenters. The largest absolute Gasteiger partial charge is 0.481 e. The topological polar surface area (TPSA) is 92.4 Å². The monoisotopic (exact) mass is 328 g/mol. The van der Waals surface area contributed by atoms with Crippen molar-refractivity contribution in [3.05, 3.63) is 34.3 Å². The first-order valence-corrected chi connectivity index (χ1v) is 6.70. The Kier molecular flexibility index (Phi) is 5.98. The summed E-state index contributed by atoms with van der Waals surface area (Å²) < 4.78 is 0.997. The van der Waals surface area contributed by atoms with E-state index in [1.807, 2.05) is 31.2 Å². The molecular formula is C13H17BrN2O3. The van der Waals surface area contributed by atoms with Crippen molar-refractivity contribution in [3.8, 4) is 0 Å². The number of amides is 1. The molecule has 0 aliphatic rings. The lowest BCUT2D eigenvalue weighted by atomic mass is 10.1. The lowest BCUT2D eigenvalue weighted by Crippen LogP contribution is -2.46. The van der Waals surface area contributed by atoms with Crippen LogP contribution in [0.4, 0.5) is 0 Å². The van der Waals surface area contributed by atoms with Crippen LogP contribution in [0.1, 0.15) is 18.9 Å². The smallest absolute Gasteiger partial charge is 0.305 e. The van der Waals surface area contributed by atoms with E-state index >= 15 is 0 Å². The Bertz CT molecular complexity index is 448. The standard InChI is InChI=1S/C13H17BrN2O3/c1-8(6-9-2-4-10(14)5-3-9)16-13(19)11(15)7-12(17)18/h2-5,8,11H,6-7,15H2,1H3,(H,16,19)(H,17,18). The van der Waals surface area contributed by atoms with Crippen molar-refractivity contribution in [1.82, 2.24) is 5.32 Å². The zero-order chi connectivity index (χ0) is 14.4. The van der Waals surface area contributed by atoms with Crippen molar-refractivity contribution in [2.24, 2.45) is 5.73 Å². The molecule has 19 heavy (non-hydrogen) atoms. The van der Waals surface area contributed by atoms with Gasteiger partial charge in [0.1, 0.15) is 0 Å². The molecule has 0 spiro atoms. The maximum atomic E-state index is 11.6. The third kappa shape index (κ3) is 5.85. The van der Waals surface area contributed by atoms with Gasteiger partial charge in [-0.05, 0) is 31.0 Å². The fourth-order valence-electron chi connectivity index (χ4n) is 1.66. The Labute approximate surface area is 120 Å². The van der Waals surface area contributed by atoms with Crippen molar-refractivity contribution in [3.63, 3.8) is 0 Å². The molecule has 1 aromatic rings.